The highest BCUT2D eigenvalue weighted by Gasteiger charge is 2.04. The van der Waals surface area contributed by atoms with E-state index in [1.165, 1.54) is 0 Å². The predicted molar refractivity (Wildman–Crippen MR) is 99.6 cm³/mol. The van der Waals surface area contributed by atoms with Crippen molar-refractivity contribution in [1.82, 2.24) is 15.4 Å². The van der Waals surface area contributed by atoms with Crippen LogP contribution in [-0.2, 0) is 19.5 Å². The molecule has 0 unspecified atom stereocenters. The summed E-state index contributed by atoms with van der Waals surface area (Å²) in [6.45, 7) is 4.99. The number of halogens is 1. The van der Waals surface area contributed by atoms with Crippen LogP contribution >= 0.6 is 24.0 Å². The quantitative estimate of drug-likeness (QED) is 0.164. The van der Waals surface area contributed by atoms with Gasteiger partial charge in [-0.3, -0.25) is 4.99 Å². The average molecular weight is 452 g/mol. The standard InChI is InChI=1S/C12H28N4O4S.HI/c1-4-21(17,18)16-8-7-15-12(13-2)14-6-5-9-20-11-10-19-3;/h16H,4-11H2,1-3H3,(H2,13,14,15);1H. The number of nitrogens with one attached hydrogen (secondary N) is 3. The van der Waals surface area contributed by atoms with Gasteiger partial charge in [-0.15, -0.1) is 24.0 Å². The number of nitrogens with zero attached hydrogens (tertiary/aromatic N) is 1. The van der Waals surface area contributed by atoms with E-state index in [0.717, 1.165) is 13.0 Å². The fourth-order valence-corrected chi connectivity index (χ4v) is 1.95. The molecule has 0 radical (unpaired) electrons. The summed E-state index contributed by atoms with van der Waals surface area (Å²) >= 11 is 0. The summed E-state index contributed by atoms with van der Waals surface area (Å²) in [6, 6.07) is 0. The van der Waals surface area contributed by atoms with E-state index in [-0.39, 0.29) is 29.7 Å². The van der Waals surface area contributed by atoms with Gasteiger partial charge in [0, 0.05) is 40.4 Å². The maximum absolute atomic E-state index is 11.2. The zero-order valence-corrected chi connectivity index (χ0v) is 16.7. The maximum Gasteiger partial charge on any atom is 0.211 e. The summed E-state index contributed by atoms with van der Waals surface area (Å²) in [6.07, 6.45) is 0.854. The first kappa shape index (κ1) is 24.1. The minimum atomic E-state index is -3.13. The number of hydrogen-bond acceptors (Lipinski definition) is 5. The van der Waals surface area contributed by atoms with Gasteiger partial charge in [0.1, 0.15) is 0 Å². The number of rotatable bonds is 12. The number of ether oxygens (including phenoxy) is 2. The van der Waals surface area contributed by atoms with Gasteiger partial charge in [-0.2, -0.15) is 0 Å². The molecule has 0 spiro atoms. The van der Waals surface area contributed by atoms with Crippen molar-refractivity contribution in [3.8, 4) is 0 Å². The molecule has 0 aliphatic rings. The normalized spacial score (nSPS) is 11.9. The van der Waals surface area contributed by atoms with E-state index in [4.69, 9.17) is 9.47 Å². The summed E-state index contributed by atoms with van der Waals surface area (Å²) < 4.78 is 35.1. The van der Waals surface area contributed by atoms with Gasteiger partial charge >= 0.3 is 0 Å². The summed E-state index contributed by atoms with van der Waals surface area (Å²) in [5.41, 5.74) is 0. The molecule has 0 fully saturated rings. The summed E-state index contributed by atoms with van der Waals surface area (Å²) in [5.74, 6) is 0.728. The molecule has 0 rings (SSSR count). The van der Waals surface area contributed by atoms with Crippen LogP contribution in [-0.4, -0.2) is 73.7 Å². The molecule has 0 aromatic carbocycles. The van der Waals surface area contributed by atoms with Gasteiger partial charge in [-0.05, 0) is 13.3 Å². The van der Waals surface area contributed by atoms with Crippen LogP contribution in [0.15, 0.2) is 4.99 Å². The highest BCUT2D eigenvalue weighted by atomic mass is 127. The van der Waals surface area contributed by atoms with Crippen molar-refractivity contribution in [3.05, 3.63) is 0 Å². The Morgan fingerprint density at radius 1 is 1.09 bits per heavy atom. The number of hydrogen-bond donors (Lipinski definition) is 3. The Labute approximate surface area is 150 Å². The maximum atomic E-state index is 11.2. The van der Waals surface area contributed by atoms with E-state index in [1.54, 1.807) is 21.1 Å². The average Bonchev–Trinajstić information content (AvgIpc) is 2.48. The summed E-state index contributed by atoms with van der Waals surface area (Å²) in [7, 11) is 0.174. The van der Waals surface area contributed by atoms with Gasteiger partial charge < -0.3 is 20.1 Å². The molecule has 0 atom stereocenters. The first-order valence-electron chi connectivity index (χ1n) is 7.04. The van der Waals surface area contributed by atoms with Gasteiger partial charge in [0.25, 0.3) is 0 Å². The fourth-order valence-electron chi connectivity index (χ4n) is 1.34. The molecule has 0 saturated heterocycles. The van der Waals surface area contributed by atoms with Crippen molar-refractivity contribution in [3.63, 3.8) is 0 Å². The Morgan fingerprint density at radius 3 is 2.36 bits per heavy atom. The lowest BCUT2D eigenvalue weighted by Gasteiger charge is -2.12. The smallest absolute Gasteiger partial charge is 0.211 e. The fraction of sp³-hybridized carbons (Fsp3) is 0.917. The van der Waals surface area contributed by atoms with Gasteiger partial charge in [-0.1, -0.05) is 0 Å². The third-order valence-corrected chi connectivity index (χ3v) is 3.94. The van der Waals surface area contributed by atoms with E-state index >= 15 is 0 Å². The molecule has 3 N–H and O–H groups in total. The molecule has 0 aliphatic carbocycles. The van der Waals surface area contributed by atoms with E-state index in [1.807, 2.05) is 0 Å². The van der Waals surface area contributed by atoms with Crippen LogP contribution in [0.25, 0.3) is 0 Å². The van der Waals surface area contributed by atoms with Crippen molar-refractivity contribution in [2.24, 2.45) is 4.99 Å². The second-order valence-electron chi connectivity index (χ2n) is 4.18. The summed E-state index contributed by atoms with van der Waals surface area (Å²) in [5, 5.41) is 6.15. The molecule has 0 aliphatic heterocycles. The molecule has 0 bridgehead atoms. The lowest BCUT2D eigenvalue weighted by Crippen LogP contribution is -2.42. The largest absolute Gasteiger partial charge is 0.382 e. The molecule has 22 heavy (non-hydrogen) atoms. The highest BCUT2D eigenvalue weighted by molar-refractivity contribution is 14.0. The molecule has 0 saturated carbocycles. The Hall–Kier alpha value is -0.170. The van der Waals surface area contributed by atoms with Crippen molar-refractivity contribution in [2.45, 2.75) is 13.3 Å². The Kier molecular flexibility index (Phi) is 17.2. The first-order valence-corrected chi connectivity index (χ1v) is 8.69. The molecular formula is C12H29IN4O4S. The molecule has 0 heterocycles. The molecule has 8 nitrogen and oxygen atoms in total. The minimum Gasteiger partial charge on any atom is -0.382 e. The highest BCUT2D eigenvalue weighted by Crippen LogP contribution is 1.82. The zero-order chi connectivity index (χ0) is 16.0. The first-order chi connectivity index (χ1) is 10.1. The third kappa shape index (κ3) is 14.8. The summed E-state index contributed by atoms with van der Waals surface area (Å²) in [4.78, 5) is 4.05. The van der Waals surface area contributed by atoms with Crippen LogP contribution in [0.1, 0.15) is 13.3 Å². The van der Waals surface area contributed by atoms with Crippen molar-refractivity contribution in [2.75, 3.05) is 59.4 Å². The van der Waals surface area contributed by atoms with Gasteiger partial charge in [0.15, 0.2) is 5.96 Å². The molecule has 134 valence electrons. The lowest BCUT2D eigenvalue weighted by atomic mass is 10.4. The zero-order valence-electron chi connectivity index (χ0n) is 13.6. The second kappa shape index (κ2) is 15.7. The Balaban J connectivity index is 0. The number of sulfonamides is 1. The van der Waals surface area contributed by atoms with Crippen LogP contribution in [0, 0.1) is 0 Å². The minimum absolute atomic E-state index is 0. The lowest BCUT2D eigenvalue weighted by molar-refractivity contribution is 0.0698. The van der Waals surface area contributed by atoms with Crippen molar-refractivity contribution < 1.29 is 17.9 Å². The Bertz CT molecular complexity index is 379. The van der Waals surface area contributed by atoms with E-state index in [0.29, 0.717) is 38.9 Å². The topological polar surface area (TPSA) is 101 Å². The van der Waals surface area contributed by atoms with Crippen LogP contribution in [0.4, 0.5) is 0 Å². The van der Waals surface area contributed by atoms with Crippen molar-refractivity contribution >= 4 is 40.0 Å². The number of guanidine groups is 1. The van der Waals surface area contributed by atoms with Crippen LogP contribution < -0.4 is 15.4 Å². The van der Waals surface area contributed by atoms with Crippen LogP contribution in [0.5, 0.6) is 0 Å². The number of aliphatic imine (C=N–C) groups is 1. The van der Waals surface area contributed by atoms with E-state index < -0.39 is 10.0 Å². The van der Waals surface area contributed by atoms with Gasteiger partial charge in [0.05, 0.1) is 19.0 Å². The van der Waals surface area contributed by atoms with E-state index in [9.17, 15) is 8.42 Å². The van der Waals surface area contributed by atoms with Crippen molar-refractivity contribution in [1.29, 1.82) is 0 Å². The van der Waals surface area contributed by atoms with E-state index in [2.05, 4.69) is 20.3 Å². The Morgan fingerprint density at radius 2 is 1.77 bits per heavy atom. The third-order valence-electron chi connectivity index (χ3n) is 2.53. The monoisotopic (exact) mass is 452 g/mol. The molecular weight excluding hydrogens is 423 g/mol. The molecule has 0 aromatic heterocycles. The van der Waals surface area contributed by atoms with Gasteiger partial charge in [-0.25, -0.2) is 13.1 Å². The SMILES string of the molecule is CCS(=O)(=O)NCCNC(=NC)NCCCOCCOC.I. The van der Waals surface area contributed by atoms with Gasteiger partial charge in [0.2, 0.25) is 10.0 Å². The van der Waals surface area contributed by atoms with Crippen LogP contribution in [0.2, 0.25) is 0 Å². The number of methoxy groups -OCH3 is 1. The molecule has 10 heteroatoms. The van der Waals surface area contributed by atoms with Crippen LogP contribution in [0.3, 0.4) is 0 Å². The predicted octanol–water partition coefficient (Wildman–Crippen LogP) is -0.238. The molecule has 0 aromatic rings. The second-order valence-corrected chi connectivity index (χ2v) is 6.28. The molecule has 0 amide bonds.